The molecule has 1 aromatic rings. The molecule has 3 nitrogen and oxygen atoms in total. The fourth-order valence-electron chi connectivity index (χ4n) is 1.63. The predicted molar refractivity (Wildman–Crippen MR) is 61.3 cm³/mol. The van der Waals surface area contributed by atoms with E-state index < -0.39 is 0 Å². The molecule has 0 bridgehead atoms. The third-order valence-corrected chi connectivity index (χ3v) is 3.21. The number of phenols is 2. The van der Waals surface area contributed by atoms with Crippen LogP contribution < -0.4 is 0 Å². The highest BCUT2D eigenvalue weighted by atomic mass is 79.9. The van der Waals surface area contributed by atoms with Gasteiger partial charge >= 0.3 is 0 Å². The molecule has 15 heavy (non-hydrogen) atoms. The Morgan fingerprint density at radius 2 is 2.13 bits per heavy atom. The highest BCUT2D eigenvalue weighted by Crippen LogP contribution is 2.41. The van der Waals surface area contributed by atoms with Crippen LogP contribution in [0.4, 0.5) is 0 Å². The van der Waals surface area contributed by atoms with Gasteiger partial charge in [0.05, 0.1) is 4.47 Å². The molecule has 1 atom stereocenters. The number of aryl methyl sites for hydroxylation is 1. The van der Waals surface area contributed by atoms with Crippen LogP contribution in [-0.2, 0) is 4.79 Å². The molecular formula is C11H13BrO3. The zero-order chi connectivity index (χ0) is 11.6. The molecular weight excluding hydrogens is 260 g/mol. The topological polar surface area (TPSA) is 57.5 Å². The van der Waals surface area contributed by atoms with Crippen LogP contribution in [0, 0.1) is 6.92 Å². The van der Waals surface area contributed by atoms with E-state index in [2.05, 4.69) is 15.9 Å². The van der Waals surface area contributed by atoms with Gasteiger partial charge in [0.15, 0.2) is 11.5 Å². The van der Waals surface area contributed by atoms with Crippen molar-refractivity contribution in [2.24, 2.45) is 0 Å². The molecule has 0 saturated heterocycles. The largest absolute Gasteiger partial charge is 0.504 e. The maximum Gasteiger partial charge on any atom is 0.172 e. The van der Waals surface area contributed by atoms with Crippen molar-refractivity contribution in [2.75, 3.05) is 0 Å². The number of hydrogen-bond acceptors (Lipinski definition) is 3. The Hall–Kier alpha value is -1.03. The van der Waals surface area contributed by atoms with Crippen molar-refractivity contribution >= 4 is 22.2 Å². The number of carbonyl (C=O) groups is 1. The van der Waals surface area contributed by atoms with Gasteiger partial charge in [-0.2, -0.15) is 0 Å². The molecule has 1 rings (SSSR count). The lowest BCUT2D eigenvalue weighted by Gasteiger charge is -2.16. The van der Waals surface area contributed by atoms with Gasteiger partial charge < -0.3 is 15.0 Å². The fourth-order valence-corrected chi connectivity index (χ4v) is 2.54. The minimum Gasteiger partial charge on any atom is -0.504 e. The Balaban J connectivity index is 3.28. The summed E-state index contributed by atoms with van der Waals surface area (Å²) in [5.41, 5.74) is 1.71. The summed E-state index contributed by atoms with van der Waals surface area (Å²) >= 11 is 3.23. The Bertz CT molecular complexity index is 388. The van der Waals surface area contributed by atoms with Crippen LogP contribution in [0.15, 0.2) is 10.5 Å². The van der Waals surface area contributed by atoms with E-state index >= 15 is 0 Å². The van der Waals surface area contributed by atoms with Crippen LogP contribution in [0.1, 0.15) is 30.4 Å². The SMILES string of the molecule is Cc1cc(O)c(O)c(Br)c1C(C)CC=O. The predicted octanol–water partition coefficient (Wildman–Crippen LogP) is 2.86. The molecule has 0 spiro atoms. The number of carbonyl (C=O) groups excluding carboxylic acids is 1. The summed E-state index contributed by atoms with van der Waals surface area (Å²) in [6.45, 7) is 3.73. The van der Waals surface area contributed by atoms with Gasteiger partial charge in [0.25, 0.3) is 0 Å². The van der Waals surface area contributed by atoms with E-state index in [1.165, 1.54) is 6.07 Å². The van der Waals surface area contributed by atoms with Gasteiger partial charge in [-0.1, -0.05) is 6.92 Å². The molecule has 0 aliphatic heterocycles. The molecule has 4 heteroatoms. The van der Waals surface area contributed by atoms with Crippen molar-refractivity contribution < 1.29 is 15.0 Å². The fraction of sp³-hybridized carbons (Fsp3) is 0.364. The average molecular weight is 273 g/mol. The number of rotatable bonds is 3. The first-order valence-electron chi connectivity index (χ1n) is 4.63. The van der Waals surface area contributed by atoms with Crippen LogP contribution in [-0.4, -0.2) is 16.5 Å². The van der Waals surface area contributed by atoms with Crippen molar-refractivity contribution in [3.8, 4) is 11.5 Å². The van der Waals surface area contributed by atoms with Crippen molar-refractivity contribution in [3.05, 3.63) is 21.7 Å². The quantitative estimate of drug-likeness (QED) is 0.657. The number of hydrogen-bond donors (Lipinski definition) is 2. The van der Waals surface area contributed by atoms with E-state index in [0.29, 0.717) is 10.9 Å². The minimum absolute atomic E-state index is 0.0170. The van der Waals surface area contributed by atoms with Gasteiger partial charge in [-0.15, -0.1) is 0 Å². The molecule has 0 aromatic heterocycles. The zero-order valence-corrected chi connectivity index (χ0v) is 10.2. The lowest BCUT2D eigenvalue weighted by molar-refractivity contribution is -0.108. The second kappa shape index (κ2) is 4.66. The van der Waals surface area contributed by atoms with Gasteiger partial charge in [0.1, 0.15) is 6.29 Å². The van der Waals surface area contributed by atoms with Crippen molar-refractivity contribution in [1.82, 2.24) is 0 Å². The molecule has 0 fully saturated rings. The molecule has 1 unspecified atom stereocenters. The average Bonchev–Trinajstić information content (AvgIpc) is 2.15. The second-order valence-electron chi connectivity index (χ2n) is 3.59. The first-order valence-corrected chi connectivity index (χ1v) is 5.42. The Morgan fingerprint density at radius 3 is 2.67 bits per heavy atom. The molecule has 0 radical (unpaired) electrons. The molecule has 0 aliphatic rings. The van der Waals surface area contributed by atoms with E-state index in [1.807, 2.05) is 13.8 Å². The lowest BCUT2D eigenvalue weighted by Crippen LogP contribution is -1.99. The van der Waals surface area contributed by atoms with Gasteiger partial charge in [0, 0.05) is 6.42 Å². The highest BCUT2D eigenvalue weighted by Gasteiger charge is 2.17. The van der Waals surface area contributed by atoms with Gasteiger partial charge in [-0.25, -0.2) is 0 Å². The standard InChI is InChI=1S/C11H13BrO3/c1-6(3-4-13)9-7(2)5-8(14)11(15)10(9)12/h4-6,14-15H,3H2,1-2H3. The van der Waals surface area contributed by atoms with Gasteiger partial charge in [0.2, 0.25) is 0 Å². The second-order valence-corrected chi connectivity index (χ2v) is 4.39. The van der Waals surface area contributed by atoms with E-state index in [9.17, 15) is 15.0 Å². The van der Waals surface area contributed by atoms with E-state index in [-0.39, 0.29) is 17.4 Å². The summed E-state index contributed by atoms with van der Waals surface area (Å²) in [7, 11) is 0. The summed E-state index contributed by atoms with van der Waals surface area (Å²) in [5.74, 6) is -0.307. The van der Waals surface area contributed by atoms with Crippen molar-refractivity contribution in [2.45, 2.75) is 26.2 Å². The Labute approximate surface area is 96.9 Å². The molecule has 0 heterocycles. The zero-order valence-electron chi connectivity index (χ0n) is 8.62. The Kier molecular flexibility index (Phi) is 3.74. The number of aromatic hydroxyl groups is 2. The normalized spacial score (nSPS) is 12.5. The molecule has 0 aliphatic carbocycles. The molecule has 0 saturated carbocycles. The van der Waals surface area contributed by atoms with Crippen molar-refractivity contribution in [3.63, 3.8) is 0 Å². The summed E-state index contributed by atoms with van der Waals surface area (Å²) in [6.07, 6.45) is 1.24. The van der Waals surface area contributed by atoms with E-state index in [4.69, 9.17) is 0 Å². The molecule has 1 aromatic carbocycles. The summed E-state index contributed by atoms with van der Waals surface area (Å²) in [6, 6.07) is 1.50. The highest BCUT2D eigenvalue weighted by molar-refractivity contribution is 9.10. The maximum atomic E-state index is 10.4. The lowest BCUT2D eigenvalue weighted by atomic mass is 9.93. The molecule has 0 amide bonds. The van der Waals surface area contributed by atoms with Crippen molar-refractivity contribution in [1.29, 1.82) is 0 Å². The molecule has 2 N–H and O–H groups in total. The number of halogens is 1. The Morgan fingerprint density at radius 1 is 1.53 bits per heavy atom. The monoisotopic (exact) mass is 272 g/mol. The number of benzene rings is 1. The van der Waals surface area contributed by atoms with Crippen LogP contribution in [0.3, 0.4) is 0 Å². The van der Waals surface area contributed by atoms with Crippen LogP contribution in [0.2, 0.25) is 0 Å². The summed E-state index contributed by atoms with van der Waals surface area (Å²) in [5, 5.41) is 18.9. The summed E-state index contributed by atoms with van der Waals surface area (Å²) < 4.78 is 0.467. The van der Waals surface area contributed by atoms with Crippen LogP contribution in [0.5, 0.6) is 11.5 Å². The summed E-state index contributed by atoms with van der Waals surface area (Å²) in [4.78, 5) is 10.4. The van der Waals surface area contributed by atoms with Crippen LogP contribution in [0.25, 0.3) is 0 Å². The maximum absolute atomic E-state index is 10.4. The third-order valence-electron chi connectivity index (χ3n) is 2.41. The number of phenolic OH excluding ortho intramolecular Hbond substituents is 2. The minimum atomic E-state index is -0.173. The van der Waals surface area contributed by atoms with Gasteiger partial charge in [-0.3, -0.25) is 0 Å². The smallest absolute Gasteiger partial charge is 0.172 e. The first kappa shape index (κ1) is 12.0. The van der Waals surface area contributed by atoms with Crippen LogP contribution >= 0.6 is 15.9 Å². The van der Waals surface area contributed by atoms with E-state index in [1.54, 1.807) is 0 Å². The van der Waals surface area contributed by atoms with E-state index in [0.717, 1.165) is 17.4 Å². The number of aldehydes is 1. The van der Waals surface area contributed by atoms with Gasteiger partial charge in [-0.05, 0) is 46.0 Å². The third kappa shape index (κ3) is 2.31. The molecule has 82 valence electrons. The first-order chi connectivity index (χ1) is 6.99.